The van der Waals surface area contributed by atoms with E-state index in [1.807, 2.05) is 6.07 Å². The van der Waals surface area contributed by atoms with Crippen molar-refractivity contribution in [3.8, 4) is 0 Å². The van der Waals surface area contributed by atoms with Crippen LogP contribution >= 0.6 is 0 Å². The summed E-state index contributed by atoms with van der Waals surface area (Å²) < 4.78 is 5.41. The van der Waals surface area contributed by atoms with Gasteiger partial charge in [-0.15, -0.1) is 0 Å². The highest BCUT2D eigenvalue weighted by atomic mass is 16.3. The molecule has 3 heteroatoms. The maximum absolute atomic E-state index is 5.41. The fourth-order valence-electron chi connectivity index (χ4n) is 2.62. The summed E-state index contributed by atoms with van der Waals surface area (Å²) in [7, 11) is 0. The Morgan fingerprint density at radius 1 is 1.16 bits per heavy atom. The van der Waals surface area contributed by atoms with Crippen molar-refractivity contribution in [2.75, 3.05) is 0 Å². The first kappa shape index (κ1) is 12.4. The minimum Gasteiger partial charge on any atom is -0.468 e. The SMILES string of the molecule is Cc1ccoc1CNCc1ccc2c(n1)CCCC2. The molecule has 0 saturated heterocycles. The van der Waals surface area contributed by atoms with Crippen molar-refractivity contribution in [3.63, 3.8) is 0 Å². The van der Waals surface area contributed by atoms with Gasteiger partial charge in [-0.05, 0) is 55.9 Å². The molecule has 100 valence electrons. The molecule has 0 saturated carbocycles. The van der Waals surface area contributed by atoms with Crippen LogP contribution in [0.4, 0.5) is 0 Å². The molecular formula is C16H20N2O. The van der Waals surface area contributed by atoms with E-state index in [1.165, 1.54) is 36.1 Å². The molecular weight excluding hydrogens is 236 g/mol. The molecule has 3 nitrogen and oxygen atoms in total. The fourth-order valence-corrected chi connectivity index (χ4v) is 2.62. The molecule has 0 unspecified atom stereocenters. The Labute approximate surface area is 114 Å². The third-order valence-electron chi connectivity index (χ3n) is 3.80. The van der Waals surface area contributed by atoms with Crippen LogP contribution in [0.1, 0.15) is 41.1 Å². The van der Waals surface area contributed by atoms with Crippen molar-refractivity contribution in [1.29, 1.82) is 0 Å². The van der Waals surface area contributed by atoms with E-state index in [4.69, 9.17) is 9.40 Å². The number of hydrogen-bond donors (Lipinski definition) is 1. The normalized spacial score (nSPS) is 14.4. The van der Waals surface area contributed by atoms with Gasteiger partial charge in [0.05, 0.1) is 18.5 Å². The molecule has 3 rings (SSSR count). The van der Waals surface area contributed by atoms with Crippen molar-refractivity contribution in [3.05, 3.63) is 52.7 Å². The molecule has 1 N–H and O–H groups in total. The molecule has 19 heavy (non-hydrogen) atoms. The average Bonchev–Trinajstić information content (AvgIpc) is 2.84. The van der Waals surface area contributed by atoms with E-state index >= 15 is 0 Å². The Bertz CT molecular complexity index is 560. The van der Waals surface area contributed by atoms with Crippen LogP contribution in [0.25, 0.3) is 0 Å². The lowest BCUT2D eigenvalue weighted by Crippen LogP contribution is -2.15. The van der Waals surface area contributed by atoms with Crippen molar-refractivity contribution in [2.45, 2.75) is 45.7 Å². The zero-order valence-corrected chi connectivity index (χ0v) is 11.4. The molecule has 2 aromatic rings. The summed E-state index contributed by atoms with van der Waals surface area (Å²) in [6, 6.07) is 6.39. The van der Waals surface area contributed by atoms with Crippen LogP contribution in [0.3, 0.4) is 0 Å². The van der Waals surface area contributed by atoms with Gasteiger partial charge in [0.15, 0.2) is 0 Å². The third-order valence-corrected chi connectivity index (χ3v) is 3.80. The number of rotatable bonds is 4. The van der Waals surface area contributed by atoms with Crippen LogP contribution in [0.15, 0.2) is 28.9 Å². The Kier molecular flexibility index (Phi) is 3.65. The van der Waals surface area contributed by atoms with Gasteiger partial charge in [0.25, 0.3) is 0 Å². The van der Waals surface area contributed by atoms with Gasteiger partial charge in [-0.1, -0.05) is 6.07 Å². The summed E-state index contributed by atoms with van der Waals surface area (Å²) in [5.74, 6) is 1.01. The van der Waals surface area contributed by atoms with Gasteiger partial charge in [0, 0.05) is 12.2 Å². The second kappa shape index (κ2) is 5.57. The summed E-state index contributed by atoms with van der Waals surface area (Å²) in [5.41, 5.74) is 5.08. The van der Waals surface area contributed by atoms with Crippen LogP contribution in [0.2, 0.25) is 0 Å². The number of aryl methyl sites for hydroxylation is 3. The number of fused-ring (bicyclic) bond motifs is 1. The van der Waals surface area contributed by atoms with Gasteiger partial charge >= 0.3 is 0 Å². The average molecular weight is 256 g/mol. The molecule has 0 bridgehead atoms. The smallest absolute Gasteiger partial charge is 0.120 e. The van der Waals surface area contributed by atoms with E-state index in [1.54, 1.807) is 6.26 Å². The molecule has 0 aromatic carbocycles. The van der Waals surface area contributed by atoms with Gasteiger partial charge in [0.1, 0.15) is 5.76 Å². The van der Waals surface area contributed by atoms with E-state index in [0.717, 1.165) is 31.0 Å². The lowest BCUT2D eigenvalue weighted by molar-refractivity contribution is 0.478. The summed E-state index contributed by atoms with van der Waals surface area (Å²) in [4.78, 5) is 4.76. The quantitative estimate of drug-likeness (QED) is 0.913. The van der Waals surface area contributed by atoms with E-state index in [9.17, 15) is 0 Å². The number of aromatic nitrogens is 1. The van der Waals surface area contributed by atoms with Gasteiger partial charge in [-0.2, -0.15) is 0 Å². The van der Waals surface area contributed by atoms with Crippen molar-refractivity contribution in [2.24, 2.45) is 0 Å². The number of hydrogen-bond acceptors (Lipinski definition) is 3. The number of nitrogens with zero attached hydrogens (tertiary/aromatic N) is 1. The molecule has 1 aliphatic carbocycles. The maximum atomic E-state index is 5.41. The topological polar surface area (TPSA) is 38.1 Å². The number of nitrogens with one attached hydrogen (secondary N) is 1. The van der Waals surface area contributed by atoms with Crippen LogP contribution in [-0.2, 0) is 25.9 Å². The van der Waals surface area contributed by atoms with E-state index in [-0.39, 0.29) is 0 Å². The standard InChI is InChI=1S/C16H20N2O/c1-12-8-9-19-16(12)11-17-10-14-7-6-13-4-2-3-5-15(13)18-14/h6-9,17H,2-5,10-11H2,1H3. The Morgan fingerprint density at radius 3 is 2.89 bits per heavy atom. The zero-order chi connectivity index (χ0) is 13.1. The second-order valence-corrected chi connectivity index (χ2v) is 5.25. The van der Waals surface area contributed by atoms with Crippen molar-refractivity contribution < 1.29 is 4.42 Å². The first-order valence-corrected chi connectivity index (χ1v) is 7.04. The van der Waals surface area contributed by atoms with Crippen molar-refractivity contribution in [1.82, 2.24) is 10.3 Å². The van der Waals surface area contributed by atoms with E-state index < -0.39 is 0 Å². The Balaban J connectivity index is 1.59. The van der Waals surface area contributed by atoms with Crippen LogP contribution in [0, 0.1) is 6.92 Å². The molecule has 2 aromatic heterocycles. The van der Waals surface area contributed by atoms with Crippen molar-refractivity contribution >= 4 is 0 Å². The number of furan rings is 1. The van der Waals surface area contributed by atoms with Crippen LogP contribution < -0.4 is 5.32 Å². The molecule has 0 amide bonds. The highest BCUT2D eigenvalue weighted by Crippen LogP contribution is 2.19. The minimum absolute atomic E-state index is 0.762. The molecule has 2 heterocycles. The predicted octanol–water partition coefficient (Wildman–Crippen LogP) is 3.15. The summed E-state index contributed by atoms with van der Waals surface area (Å²) in [6.45, 7) is 3.63. The first-order chi connectivity index (χ1) is 9.33. The Hall–Kier alpha value is -1.61. The molecule has 0 atom stereocenters. The monoisotopic (exact) mass is 256 g/mol. The predicted molar refractivity (Wildman–Crippen MR) is 74.9 cm³/mol. The molecule has 1 aliphatic rings. The van der Waals surface area contributed by atoms with Gasteiger partial charge in [-0.3, -0.25) is 4.98 Å². The molecule has 0 radical (unpaired) electrons. The van der Waals surface area contributed by atoms with Crippen LogP contribution in [-0.4, -0.2) is 4.98 Å². The largest absolute Gasteiger partial charge is 0.468 e. The zero-order valence-electron chi connectivity index (χ0n) is 11.4. The van der Waals surface area contributed by atoms with Gasteiger partial charge in [0.2, 0.25) is 0 Å². The summed E-state index contributed by atoms with van der Waals surface area (Å²) in [6.07, 6.45) is 6.66. The number of pyridine rings is 1. The lowest BCUT2D eigenvalue weighted by Gasteiger charge is -2.15. The minimum atomic E-state index is 0.762. The van der Waals surface area contributed by atoms with Crippen LogP contribution in [0.5, 0.6) is 0 Å². The maximum Gasteiger partial charge on any atom is 0.120 e. The lowest BCUT2D eigenvalue weighted by atomic mass is 9.96. The van der Waals surface area contributed by atoms with Gasteiger partial charge in [-0.25, -0.2) is 0 Å². The highest BCUT2D eigenvalue weighted by molar-refractivity contribution is 5.25. The highest BCUT2D eigenvalue weighted by Gasteiger charge is 2.10. The molecule has 0 spiro atoms. The fraction of sp³-hybridized carbons (Fsp3) is 0.438. The second-order valence-electron chi connectivity index (χ2n) is 5.25. The molecule has 0 aliphatic heterocycles. The Morgan fingerprint density at radius 2 is 2.05 bits per heavy atom. The third kappa shape index (κ3) is 2.87. The van der Waals surface area contributed by atoms with E-state index in [2.05, 4.69) is 24.4 Å². The van der Waals surface area contributed by atoms with Gasteiger partial charge < -0.3 is 9.73 Å². The molecule has 0 fully saturated rings. The first-order valence-electron chi connectivity index (χ1n) is 7.04. The summed E-state index contributed by atoms with van der Waals surface area (Å²) in [5, 5.41) is 3.40. The van der Waals surface area contributed by atoms with E-state index in [0.29, 0.717) is 0 Å². The summed E-state index contributed by atoms with van der Waals surface area (Å²) >= 11 is 0.